The fraction of sp³-hybridized carbons (Fsp3) is 0.294. The Balaban J connectivity index is 1.66. The van der Waals surface area contributed by atoms with Gasteiger partial charge in [0.1, 0.15) is 11.3 Å². The number of imide groups is 1. The zero-order valence-corrected chi connectivity index (χ0v) is 13.4. The first-order valence-electron chi connectivity index (χ1n) is 7.61. The van der Waals surface area contributed by atoms with Gasteiger partial charge in [0.05, 0.1) is 11.6 Å². The van der Waals surface area contributed by atoms with Crippen LogP contribution >= 0.6 is 0 Å². The minimum absolute atomic E-state index is 0.226. The molecule has 0 aliphatic carbocycles. The molecule has 1 saturated heterocycles. The Morgan fingerprint density at radius 2 is 2.00 bits per heavy atom. The smallest absolute Gasteiger partial charge is 0.261 e. The summed E-state index contributed by atoms with van der Waals surface area (Å²) in [7, 11) is 0. The molecule has 24 heavy (non-hydrogen) atoms. The van der Waals surface area contributed by atoms with Crippen LogP contribution in [-0.4, -0.2) is 22.9 Å². The Labute approximate surface area is 138 Å². The summed E-state index contributed by atoms with van der Waals surface area (Å²) in [4.78, 5) is 35.1. The van der Waals surface area contributed by atoms with Crippen LogP contribution in [0.25, 0.3) is 0 Å². The highest BCUT2D eigenvalue weighted by molar-refractivity contribution is 6.05. The van der Waals surface area contributed by atoms with Crippen LogP contribution in [0.5, 0.6) is 0 Å². The number of nitrogens with zero attached hydrogens (tertiary/aromatic N) is 1. The average Bonchev–Trinajstić information content (AvgIpc) is 3.02. The lowest BCUT2D eigenvalue weighted by Gasteiger charge is -2.08. The van der Waals surface area contributed by atoms with Crippen LogP contribution in [0.4, 0.5) is 5.69 Å². The van der Waals surface area contributed by atoms with E-state index in [2.05, 4.69) is 15.8 Å². The number of carbonyl (C=O) groups excluding carboxylic acids is 3. The lowest BCUT2D eigenvalue weighted by atomic mass is 9.98. The first-order chi connectivity index (χ1) is 11.4. The maximum absolute atomic E-state index is 12.3. The summed E-state index contributed by atoms with van der Waals surface area (Å²) in [5.74, 6) is -0.581. The van der Waals surface area contributed by atoms with E-state index in [1.54, 1.807) is 26.0 Å². The molecule has 1 unspecified atom stereocenters. The van der Waals surface area contributed by atoms with Crippen molar-refractivity contribution in [3.8, 4) is 0 Å². The van der Waals surface area contributed by atoms with Gasteiger partial charge in [0, 0.05) is 12.1 Å². The average molecular weight is 327 g/mol. The van der Waals surface area contributed by atoms with Crippen molar-refractivity contribution < 1.29 is 18.9 Å². The molecule has 1 fully saturated rings. The molecule has 1 atom stereocenters. The van der Waals surface area contributed by atoms with E-state index >= 15 is 0 Å². The number of hydrogen-bond donors (Lipinski definition) is 2. The Bertz CT molecular complexity index is 788. The Morgan fingerprint density at radius 1 is 1.29 bits per heavy atom. The number of aromatic nitrogens is 1. The molecule has 7 nitrogen and oxygen atoms in total. The fourth-order valence-corrected chi connectivity index (χ4v) is 2.78. The standard InChI is InChI=1S/C17H17N3O4/c1-9-15(10(2)24-20-9)17(23)18-13-5-3-11(4-6-13)7-12-8-14(21)19-16(12)22/h3-6,12H,7-8H2,1-2H3,(H,18,23)(H,19,21,22). The van der Waals surface area contributed by atoms with Crippen molar-refractivity contribution in [3.05, 3.63) is 46.8 Å². The first-order valence-corrected chi connectivity index (χ1v) is 7.61. The SMILES string of the molecule is Cc1noc(C)c1C(=O)Nc1ccc(CC2CC(=O)NC2=O)cc1. The number of benzene rings is 1. The normalized spacial score (nSPS) is 17.0. The second kappa shape index (κ2) is 6.27. The molecular formula is C17H17N3O4. The highest BCUT2D eigenvalue weighted by Crippen LogP contribution is 2.20. The topological polar surface area (TPSA) is 101 Å². The number of amides is 3. The van der Waals surface area contributed by atoms with Crippen molar-refractivity contribution in [1.29, 1.82) is 0 Å². The highest BCUT2D eigenvalue weighted by Gasteiger charge is 2.30. The number of hydrogen-bond acceptors (Lipinski definition) is 5. The van der Waals surface area contributed by atoms with Gasteiger partial charge in [0.2, 0.25) is 11.8 Å². The number of rotatable bonds is 4. The van der Waals surface area contributed by atoms with Crippen molar-refractivity contribution in [3.63, 3.8) is 0 Å². The Morgan fingerprint density at radius 3 is 2.54 bits per heavy atom. The van der Waals surface area contributed by atoms with Crippen LogP contribution < -0.4 is 10.6 Å². The number of aryl methyl sites for hydroxylation is 2. The lowest BCUT2D eigenvalue weighted by molar-refractivity contribution is -0.125. The molecule has 3 amide bonds. The van der Waals surface area contributed by atoms with Crippen molar-refractivity contribution >= 4 is 23.4 Å². The van der Waals surface area contributed by atoms with E-state index < -0.39 is 0 Å². The molecule has 1 aromatic carbocycles. The number of anilines is 1. The molecule has 1 aliphatic rings. The summed E-state index contributed by atoms with van der Waals surface area (Å²) in [5.41, 5.74) is 2.54. The zero-order chi connectivity index (χ0) is 17.3. The maximum atomic E-state index is 12.3. The minimum atomic E-state index is -0.319. The van der Waals surface area contributed by atoms with Crippen LogP contribution in [0.2, 0.25) is 0 Å². The molecule has 2 N–H and O–H groups in total. The Kier molecular flexibility index (Phi) is 4.16. The van der Waals surface area contributed by atoms with E-state index in [1.165, 1.54) is 0 Å². The molecule has 1 aromatic heterocycles. The molecule has 0 radical (unpaired) electrons. The van der Waals surface area contributed by atoms with Crippen molar-refractivity contribution in [1.82, 2.24) is 10.5 Å². The van der Waals surface area contributed by atoms with Gasteiger partial charge >= 0.3 is 0 Å². The van der Waals surface area contributed by atoms with E-state index in [0.29, 0.717) is 29.1 Å². The molecule has 0 saturated carbocycles. The maximum Gasteiger partial charge on any atom is 0.261 e. The molecule has 2 aromatic rings. The van der Waals surface area contributed by atoms with Gasteiger partial charge in [-0.05, 0) is 38.0 Å². The van der Waals surface area contributed by atoms with Crippen LogP contribution in [0.3, 0.4) is 0 Å². The second-order valence-corrected chi connectivity index (χ2v) is 5.87. The third-order valence-electron chi connectivity index (χ3n) is 4.02. The summed E-state index contributed by atoms with van der Waals surface area (Å²) >= 11 is 0. The van der Waals surface area contributed by atoms with E-state index in [4.69, 9.17) is 4.52 Å². The predicted octanol–water partition coefficient (Wildman–Crippen LogP) is 1.75. The van der Waals surface area contributed by atoms with Gasteiger partial charge in [-0.1, -0.05) is 17.3 Å². The van der Waals surface area contributed by atoms with E-state index in [-0.39, 0.29) is 30.1 Å². The second-order valence-electron chi connectivity index (χ2n) is 5.87. The molecule has 0 spiro atoms. The summed E-state index contributed by atoms with van der Waals surface area (Å²) in [6, 6.07) is 7.19. The summed E-state index contributed by atoms with van der Waals surface area (Å²) < 4.78 is 4.99. The number of carbonyl (C=O) groups is 3. The van der Waals surface area contributed by atoms with Gasteiger partial charge in [-0.25, -0.2) is 0 Å². The number of nitrogens with one attached hydrogen (secondary N) is 2. The van der Waals surface area contributed by atoms with E-state index in [0.717, 1.165) is 5.56 Å². The molecule has 2 heterocycles. The van der Waals surface area contributed by atoms with E-state index in [9.17, 15) is 14.4 Å². The Hall–Kier alpha value is -2.96. The third-order valence-corrected chi connectivity index (χ3v) is 4.02. The van der Waals surface area contributed by atoms with Crippen molar-refractivity contribution in [2.45, 2.75) is 26.7 Å². The molecule has 0 bridgehead atoms. The van der Waals surface area contributed by atoms with Crippen molar-refractivity contribution in [2.24, 2.45) is 5.92 Å². The van der Waals surface area contributed by atoms with Gasteiger partial charge < -0.3 is 9.84 Å². The summed E-state index contributed by atoms with van der Waals surface area (Å²) in [6.45, 7) is 3.40. The predicted molar refractivity (Wildman–Crippen MR) is 85.3 cm³/mol. The fourth-order valence-electron chi connectivity index (χ4n) is 2.78. The summed E-state index contributed by atoms with van der Waals surface area (Å²) in [6.07, 6.45) is 0.721. The largest absolute Gasteiger partial charge is 0.361 e. The van der Waals surface area contributed by atoms with E-state index in [1.807, 2.05) is 12.1 Å². The first kappa shape index (κ1) is 15.9. The summed E-state index contributed by atoms with van der Waals surface area (Å²) in [5, 5.41) is 8.85. The van der Waals surface area contributed by atoms with Crippen LogP contribution in [0.15, 0.2) is 28.8 Å². The monoisotopic (exact) mass is 327 g/mol. The molecule has 1 aliphatic heterocycles. The van der Waals surface area contributed by atoms with Gasteiger partial charge in [-0.2, -0.15) is 0 Å². The minimum Gasteiger partial charge on any atom is -0.361 e. The molecule has 3 rings (SSSR count). The molecule has 7 heteroatoms. The third kappa shape index (κ3) is 3.19. The lowest BCUT2D eigenvalue weighted by Crippen LogP contribution is -2.22. The van der Waals surface area contributed by atoms with Gasteiger partial charge in [-0.3, -0.25) is 19.7 Å². The van der Waals surface area contributed by atoms with Crippen LogP contribution in [0.1, 0.15) is 33.8 Å². The van der Waals surface area contributed by atoms with Crippen LogP contribution in [-0.2, 0) is 16.0 Å². The van der Waals surface area contributed by atoms with Crippen molar-refractivity contribution in [2.75, 3.05) is 5.32 Å². The van der Waals surface area contributed by atoms with Gasteiger partial charge in [-0.15, -0.1) is 0 Å². The van der Waals surface area contributed by atoms with Gasteiger partial charge in [0.15, 0.2) is 0 Å². The molecule has 124 valence electrons. The molecular weight excluding hydrogens is 310 g/mol. The zero-order valence-electron chi connectivity index (χ0n) is 13.4. The van der Waals surface area contributed by atoms with Gasteiger partial charge in [0.25, 0.3) is 5.91 Å². The quantitative estimate of drug-likeness (QED) is 0.833. The highest BCUT2D eigenvalue weighted by atomic mass is 16.5. The van der Waals surface area contributed by atoms with Crippen LogP contribution in [0, 0.1) is 19.8 Å².